The molecule has 1 rings (SSSR count). The lowest BCUT2D eigenvalue weighted by atomic mass is 10.1. The van der Waals surface area contributed by atoms with Crippen molar-refractivity contribution >= 4 is 24.1 Å². The largest absolute Gasteiger partial charge is 0.509 e. The SMILES string of the molecule is CCCC(=O)Oc1ccc(C[C@H](N)C(=O)O[C@@H](C)[C@H](C)OC(=O)OC(C)(C)CC)cc1OC(=O)CCC. The molecule has 0 spiro atoms. The molecule has 0 aliphatic heterocycles. The third-order valence-corrected chi connectivity index (χ3v) is 5.58. The Hall–Kier alpha value is -3.14. The van der Waals surface area contributed by atoms with Crippen LogP contribution in [0.25, 0.3) is 0 Å². The Morgan fingerprint density at radius 2 is 1.41 bits per heavy atom. The summed E-state index contributed by atoms with van der Waals surface area (Å²) in [5.41, 5.74) is 5.95. The van der Waals surface area contributed by atoms with Crippen LogP contribution in [0.15, 0.2) is 18.2 Å². The lowest BCUT2D eigenvalue weighted by Gasteiger charge is -2.26. The maximum absolute atomic E-state index is 12.6. The van der Waals surface area contributed by atoms with Crippen LogP contribution in [0.5, 0.6) is 11.5 Å². The van der Waals surface area contributed by atoms with Crippen LogP contribution in [0.1, 0.15) is 86.1 Å². The molecular formula is C27H41NO9. The molecule has 0 saturated heterocycles. The van der Waals surface area contributed by atoms with Gasteiger partial charge in [0.2, 0.25) is 0 Å². The third-order valence-electron chi connectivity index (χ3n) is 5.58. The van der Waals surface area contributed by atoms with Crippen molar-refractivity contribution < 1.29 is 42.9 Å². The normalized spacial score (nSPS) is 13.6. The molecule has 0 fully saturated rings. The van der Waals surface area contributed by atoms with Crippen molar-refractivity contribution in [1.29, 1.82) is 0 Å². The van der Waals surface area contributed by atoms with Gasteiger partial charge in [0.05, 0.1) is 0 Å². The molecule has 0 saturated carbocycles. The fourth-order valence-electron chi connectivity index (χ4n) is 2.87. The van der Waals surface area contributed by atoms with Crippen LogP contribution in [-0.2, 0) is 35.0 Å². The minimum absolute atomic E-state index is 0.0645. The van der Waals surface area contributed by atoms with Gasteiger partial charge in [0.15, 0.2) is 11.5 Å². The molecule has 0 amide bonds. The van der Waals surface area contributed by atoms with E-state index in [1.54, 1.807) is 33.8 Å². The van der Waals surface area contributed by atoms with Gasteiger partial charge in [-0.2, -0.15) is 0 Å². The summed E-state index contributed by atoms with van der Waals surface area (Å²) in [7, 11) is 0. The number of esters is 3. The molecule has 208 valence electrons. The Labute approximate surface area is 219 Å². The summed E-state index contributed by atoms with van der Waals surface area (Å²) in [5, 5.41) is 0. The number of carbonyl (C=O) groups excluding carboxylic acids is 4. The molecule has 37 heavy (non-hydrogen) atoms. The van der Waals surface area contributed by atoms with Crippen LogP contribution in [0.4, 0.5) is 4.79 Å². The summed E-state index contributed by atoms with van der Waals surface area (Å²) < 4.78 is 26.6. The molecule has 3 atom stereocenters. The summed E-state index contributed by atoms with van der Waals surface area (Å²) in [6.45, 7) is 12.3. The molecule has 1 aromatic carbocycles. The molecule has 0 heterocycles. The number of benzene rings is 1. The fraction of sp³-hybridized carbons (Fsp3) is 0.630. The standard InChI is InChI=1S/C27H41NO9/c1-8-11-23(29)35-21-14-13-19(16-22(21)36-24(30)12-9-2)15-20(28)25(31)33-17(4)18(5)34-26(32)37-27(6,7)10-3/h13-14,16-18,20H,8-12,15,28H2,1-7H3/t17-,18-,20-/m0/s1. The van der Waals surface area contributed by atoms with Crippen LogP contribution in [0, 0.1) is 0 Å². The highest BCUT2D eigenvalue weighted by molar-refractivity contribution is 5.77. The van der Waals surface area contributed by atoms with E-state index in [1.807, 2.05) is 20.8 Å². The minimum Gasteiger partial charge on any atom is -0.458 e. The highest BCUT2D eigenvalue weighted by Gasteiger charge is 2.28. The maximum atomic E-state index is 12.6. The van der Waals surface area contributed by atoms with E-state index in [-0.39, 0.29) is 30.8 Å². The van der Waals surface area contributed by atoms with E-state index in [0.717, 1.165) is 0 Å². The van der Waals surface area contributed by atoms with E-state index in [9.17, 15) is 19.2 Å². The molecule has 10 heteroatoms. The zero-order valence-electron chi connectivity index (χ0n) is 23.0. The predicted octanol–water partition coefficient (Wildman–Crippen LogP) is 4.63. The van der Waals surface area contributed by atoms with Crippen LogP contribution >= 0.6 is 0 Å². The Bertz CT molecular complexity index is 928. The third kappa shape index (κ3) is 11.6. The Morgan fingerprint density at radius 3 is 1.95 bits per heavy atom. The lowest BCUT2D eigenvalue weighted by Crippen LogP contribution is -2.40. The highest BCUT2D eigenvalue weighted by Crippen LogP contribution is 2.30. The number of ether oxygens (including phenoxy) is 5. The molecule has 0 aromatic heterocycles. The van der Waals surface area contributed by atoms with Crippen LogP contribution in [0.3, 0.4) is 0 Å². The van der Waals surface area contributed by atoms with E-state index in [2.05, 4.69) is 0 Å². The van der Waals surface area contributed by atoms with Gasteiger partial charge in [-0.25, -0.2) is 4.79 Å². The first kappa shape index (κ1) is 31.9. The van der Waals surface area contributed by atoms with Gasteiger partial charge in [-0.05, 0) is 71.1 Å². The second-order valence-electron chi connectivity index (χ2n) is 9.47. The van der Waals surface area contributed by atoms with Gasteiger partial charge in [-0.1, -0.05) is 26.8 Å². The zero-order valence-corrected chi connectivity index (χ0v) is 23.0. The maximum Gasteiger partial charge on any atom is 0.509 e. The van der Waals surface area contributed by atoms with Crippen LogP contribution in [-0.4, -0.2) is 47.9 Å². The van der Waals surface area contributed by atoms with Crippen molar-refractivity contribution in [3.05, 3.63) is 23.8 Å². The molecule has 0 bridgehead atoms. The fourth-order valence-corrected chi connectivity index (χ4v) is 2.87. The smallest absolute Gasteiger partial charge is 0.458 e. The van der Waals surface area contributed by atoms with Gasteiger partial charge in [0, 0.05) is 12.8 Å². The van der Waals surface area contributed by atoms with Gasteiger partial charge in [-0.15, -0.1) is 0 Å². The number of hydrogen-bond donors (Lipinski definition) is 1. The van der Waals surface area contributed by atoms with Crippen molar-refractivity contribution in [2.45, 2.75) is 111 Å². The molecule has 0 radical (unpaired) electrons. The molecule has 1 aromatic rings. The van der Waals surface area contributed by atoms with E-state index < -0.39 is 47.9 Å². The Balaban J connectivity index is 2.84. The van der Waals surface area contributed by atoms with Crippen LogP contribution < -0.4 is 15.2 Å². The highest BCUT2D eigenvalue weighted by atomic mass is 16.7. The van der Waals surface area contributed by atoms with Crippen molar-refractivity contribution in [2.75, 3.05) is 0 Å². The van der Waals surface area contributed by atoms with Crippen molar-refractivity contribution in [3.8, 4) is 11.5 Å². The number of hydrogen-bond acceptors (Lipinski definition) is 10. The van der Waals surface area contributed by atoms with E-state index in [0.29, 0.717) is 24.8 Å². The average molecular weight is 524 g/mol. The van der Waals surface area contributed by atoms with Gasteiger partial charge in [-0.3, -0.25) is 14.4 Å². The second-order valence-corrected chi connectivity index (χ2v) is 9.47. The first-order valence-electron chi connectivity index (χ1n) is 12.7. The first-order chi connectivity index (χ1) is 17.3. The van der Waals surface area contributed by atoms with Crippen molar-refractivity contribution in [1.82, 2.24) is 0 Å². The minimum atomic E-state index is -1.05. The molecular weight excluding hydrogens is 482 g/mol. The number of nitrogens with two attached hydrogens (primary N) is 1. The molecule has 2 N–H and O–H groups in total. The summed E-state index contributed by atoms with van der Waals surface area (Å²) in [6, 6.07) is 3.58. The topological polar surface area (TPSA) is 140 Å². The number of rotatable bonds is 14. The van der Waals surface area contributed by atoms with Crippen LogP contribution in [0.2, 0.25) is 0 Å². The van der Waals surface area contributed by atoms with Gasteiger partial charge >= 0.3 is 24.1 Å². The van der Waals surface area contributed by atoms with Gasteiger partial charge in [0.1, 0.15) is 23.9 Å². The van der Waals surface area contributed by atoms with Crippen molar-refractivity contribution in [2.24, 2.45) is 5.73 Å². The molecule has 0 aliphatic carbocycles. The Morgan fingerprint density at radius 1 is 0.865 bits per heavy atom. The lowest BCUT2D eigenvalue weighted by molar-refractivity contribution is -0.156. The summed E-state index contributed by atoms with van der Waals surface area (Å²) in [4.78, 5) is 48.6. The van der Waals surface area contributed by atoms with E-state index in [4.69, 9.17) is 29.4 Å². The summed E-state index contributed by atoms with van der Waals surface area (Å²) >= 11 is 0. The monoisotopic (exact) mass is 523 g/mol. The zero-order chi connectivity index (χ0) is 28.2. The second kappa shape index (κ2) is 15.2. The quantitative estimate of drug-likeness (QED) is 0.271. The van der Waals surface area contributed by atoms with E-state index in [1.165, 1.54) is 12.1 Å². The summed E-state index contributed by atoms with van der Waals surface area (Å²) in [5.74, 6) is -1.44. The van der Waals surface area contributed by atoms with E-state index >= 15 is 0 Å². The number of carbonyl (C=O) groups is 4. The first-order valence-corrected chi connectivity index (χ1v) is 12.7. The molecule has 0 unspecified atom stereocenters. The molecule has 0 aliphatic rings. The Kier molecular flexibility index (Phi) is 13.1. The summed E-state index contributed by atoms with van der Waals surface area (Å²) in [6.07, 6.45) is -0.105. The predicted molar refractivity (Wildman–Crippen MR) is 136 cm³/mol. The van der Waals surface area contributed by atoms with Crippen molar-refractivity contribution in [3.63, 3.8) is 0 Å². The average Bonchev–Trinajstić information content (AvgIpc) is 2.80. The van der Waals surface area contributed by atoms with Gasteiger partial charge in [0.25, 0.3) is 0 Å². The molecule has 10 nitrogen and oxygen atoms in total. The van der Waals surface area contributed by atoms with Gasteiger partial charge < -0.3 is 29.4 Å².